The minimum absolute atomic E-state index is 0. The van der Waals surface area contributed by atoms with Crippen LogP contribution in [0.4, 0.5) is 0 Å². The Morgan fingerprint density at radius 1 is 1.30 bits per heavy atom. The number of morpholine rings is 1. The summed E-state index contributed by atoms with van der Waals surface area (Å²) in [5.41, 5.74) is 0. The van der Waals surface area contributed by atoms with Crippen molar-refractivity contribution in [3.05, 3.63) is 0 Å². The number of carbonyl (C=O) groups excluding carboxylic acids is 1. The summed E-state index contributed by atoms with van der Waals surface area (Å²) in [4.78, 5) is 14.5. The highest BCUT2D eigenvalue weighted by molar-refractivity contribution is 5.85. The first-order valence-corrected chi connectivity index (χ1v) is 8.46. The number of hydrogen-bond acceptors (Lipinski definition) is 4. The minimum atomic E-state index is 0. The third kappa shape index (κ3) is 8.03. The molecule has 2 atom stereocenters. The molecule has 2 rings (SSSR count). The number of nitrogens with zero attached hydrogens (tertiary/aromatic N) is 1. The van der Waals surface area contributed by atoms with E-state index in [1.165, 1.54) is 6.42 Å². The van der Waals surface area contributed by atoms with Crippen molar-refractivity contribution in [2.45, 2.75) is 39.2 Å². The Balaban J connectivity index is 0.00000242. The zero-order valence-corrected chi connectivity index (χ0v) is 16.0. The molecule has 0 aromatic carbocycles. The molecule has 23 heavy (non-hydrogen) atoms. The second kappa shape index (κ2) is 12.3. The first-order chi connectivity index (χ1) is 10.2. The predicted octanol–water partition coefficient (Wildman–Crippen LogP) is 1.69. The van der Waals surface area contributed by atoms with Gasteiger partial charge in [-0.1, -0.05) is 13.8 Å². The molecule has 2 unspecified atom stereocenters. The van der Waals surface area contributed by atoms with Crippen molar-refractivity contribution < 1.29 is 9.53 Å². The maximum Gasteiger partial charge on any atom is 0.220 e. The van der Waals surface area contributed by atoms with Crippen LogP contribution in [0.1, 0.15) is 33.1 Å². The number of halogens is 2. The molecule has 0 aromatic heterocycles. The van der Waals surface area contributed by atoms with Crippen LogP contribution in [0.5, 0.6) is 0 Å². The lowest BCUT2D eigenvalue weighted by Gasteiger charge is -2.37. The Morgan fingerprint density at radius 3 is 2.57 bits per heavy atom. The molecule has 2 fully saturated rings. The van der Waals surface area contributed by atoms with E-state index in [0.717, 1.165) is 52.4 Å². The molecule has 138 valence electrons. The van der Waals surface area contributed by atoms with Gasteiger partial charge in [0.2, 0.25) is 5.91 Å². The summed E-state index contributed by atoms with van der Waals surface area (Å²) in [6.45, 7) is 11.0. The second-order valence-electron chi connectivity index (χ2n) is 6.66. The van der Waals surface area contributed by atoms with E-state index in [4.69, 9.17) is 4.74 Å². The van der Waals surface area contributed by atoms with Gasteiger partial charge in [-0.05, 0) is 37.8 Å². The van der Waals surface area contributed by atoms with Gasteiger partial charge < -0.3 is 15.4 Å². The molecule has 7 heteroatoms. The zero-order chi connectivity index (χ0) is 15.1. The molecule has 0 aromatic rings. The largest absolute Gasteiger partial charge is 0.379 e. The second-order valence-corrected chi connectivity index (χ2v) is 6.66. The summed E-state index contributed by atoms with van der Waals surface area (Å²) in [5.74, 6) is 1.44. The molecular formula is C16H33Cl2N3O2. The number of hydrogen-bond donors (Lipinski definition) is 2. The number of amides is 1. The topological polar surface area (TPSA) is 53.6 Å². The van der Waals surface area contributed by atoms with E-state index in [9.17, 15) is 4.79 Å². The Hall–Kier alpha value is -0.0700. The van der Waals surface area contributed by atoms with Crippen LogP contribution in [0, 0.1) is 11.8 Å². The van der Waals surface area contributed by atoms with Gasteiger partial charge >= 0.3 is 0 Å². The van der Waals surface area contributed by atoms with E-state index < -0.39 is 0 Å². The summed E-state index contributed by atoms with van der Waals surface area (Å²) in [6, 6.07) is 0.422. The molecule has 0 bridgehead atoms. The van der Waals surface area contributed by atoms with Crippen molar-refractivity contribution in [3.63, 3.8) is 0 Å². The average Bonchev–Trinajstić information content (AvgIpc) is 2.99. The van der Waals surface area contributed by atoms with Crippen LogP contribution in [-0.4, -0.2) is 62.8 Å². The number of nitrogens with one attached hydrogen (secondary N) is 2. The highest BCUT2D eigenvalue weighted by Crippen LogP contribution is 2.15. The number of carbonyl (C=O) groups is 1. The van der Waals surface area contributed by atoms with Gasteiger partial charge in [0.1, 0.15) is 0 Å². The maximum absolute atomic E-state index is 12.0. The van der Waals surface area contributed by atoms with Crippen LogP contribution >= 0.6 is 24.8 Å². The van der Waals surface area contributed by atoms with Crippen molar-refractivity contribution in [2.24, 2.45) is 11.8 Å². The van der Waals surface area contributed by atoms with Gasteiger partial charge in [0, 0.05) is 32.1 Å². The van der Waals surface area contributed by atoms with E-state index in [-0.39, 0.29) is 30.7 Å². The summed E-state index contributed by atoms with van der Waals surface area (Å²) in [5, 5.41) is 6.50. The van der Waals surface area contributed by atoms with Crippen molar-refractivity contribution in [1.29, 1.82) is 0 Å². The Morgan fingerprint density at radius 2 is 2.00 bits per heavy atom. The summed E-state index contributed by atoms with van der Waals surface area (Å²) in [7, 11) is 0. The van der Waals surface area contributed by atoms with Gasteiger partial charge in [0.25, 0.3) is 0 Å². The standard InChI is InChI=1S/C16H31N3O2.2ClH/c1-13(2)15(19-7-9-21-10-8-19)12-18-16(20)4-3-14-5-6-17-11-14;;/h13-15,17H,3-12H2,1-2H3,(H,18,20);2*1H. The molecular weight excluding hydrogens is 337 g/mol. The normalized spacial score (nSPS) is 23.0. The quantitative estimate of drug-likeness (QED) is 0.716. The molecule has 2 aliphatic rings. The first kappa shape index (κ1) is 22.9. The summed E-state index contributed by atoms with van der Waals surface area (Å²) in [6.07, 6.45) is 2.90. The monoisotopic (exact) mass is 369 g/mol. The molecule has 2 aliphatic heterocycles. The van der Waals surface area contributed by atoms with Crippen LogP contribution in [0.2, 0.25) is 0 Å². The van der Waals surface area contributed by atoms with Gasteiger partial charge in [-0.3, -0.25) is 9.69 Å². The molecule has 0 aliphatic carbocycles. The maximum atomic E-state index is 12.0. The van der Waals surface area contributed by atoms with Crippen molar-refractivity contribution in [3.8, 4) is 0 Å². The van der Waals surface area contributed by atoms with Gasteiger partial charge in [0.05, 0.1) is 13.2 Å². The fraction of sp³-hybridized carbons (Fsp3) is 0.938. The van der Waals surface area contributed by atoms with Crippen LogP contribution < -0.4 is 10.6 Å². The highest BCUT2D eigenvalue weighted by Gasteiger charge is 2.24. The third-order valence-corrected chi connectivity index (χ3v) is 4.73. The van der Waals surface area contributed by atoms with E-state index in [1.54, 1.807) is 0 Å². The number of ether oxygens (including phenoxy) is 1. The third-order valence-electron chi connectivity index (χ3n) is 4.73. The van der Waals surface area contributed by atoms with E-state index in [2.05, 4.69) is 29.4 Å². The predicted molar refractivity (Wildman–Crippen MR) is 98.7 cm³/mol. The highest BCUT2D eigenvalue weighted by atomic mass is 35.5. The Bertz CT molecular complexity index is 320. The van der Waals surface area contributed by atoms with Gasteiger partial charge in [-0.2, -0.15) is 0 Å². The molecule has 2 heterocycles. The fourth-order valence-electron chi connectivity index (χ4n) is 3.30. The van der Waals surface area contributed by atoms with Crippen LogP contribution in [0.15, 0.2) is 0 Å². The molecule has 0 spiro atoms. The summed E-state index contributed by atoms with van der Waals surface area (Å²) >= 11 is 0. The average molecular weight is 370 g/mol. The van der Waals surface area contributed by atoms with Gasteiger partial charge in [0.15, 0.2) is 0 Å². The van der Waals surface area contributed by atoms with Gasteiger partial charge in [-0.25, -0.2) is 0 Å². The van der Waals surface area contributed by atoms with E-state index >= 15 is 0 Å². The van der Waals surface area contributed by atoms with Crippen molar-refractivity contribution >= 4 is 30.7 Å². The Kier molecular flexibility index (Phi) is 12.3. The van der Waals surface area contributed by atoms with Crippen molar-refractivity contribution in [1.82, 2.24) is 15.5 Å². The molecule has 5 nitrogen and oxygen atoms in total. The van der Waals surface area contributed by atoms with Crippen LogP contribution in [0.3, 0.4) is 0 Å². The summed E-state index contributed by atoms with van der Waals surface area (Å²) < 4.78 is 5.42. The lowest BCUT2D eigenvalue weighted by atomic mass is 10.0. The SMILES string of the molecule is CC(C)C(CNC(=O)CCC1CCNC1)N1CCOCC1.Cl.Cl. The van der Waals surface area contributed by atoms with E-state index in [0.29, 0.717) is 24.3 Å². The van der Waals surface area contributed by atoms with E-state index in [1.807, 2.05) is 0 Å². The molecule has 0 saturated carbocycles. The van der Waals surface area contributed by atoms with Crippen LogP contribution in [-0.2, 0) is 9.53 Å². The van der Waals surface area contributed by atoms with Crippen LogP contribution in [0.25, 0.3) is 0 Å². The zero-order valence-electron chi connectivity index (χ0n) is 14.4. The molecule has 2 N–H and O–H groups in total. The molecule has 0 radical (unpaired) electrons. The van der Waals surface area contributed by atoms with Crippen molar-refractivity contribution in [2.75, 3.05) is 45.9 Å². The lowest BCUT2D eigenvalue weighted by molar-refractivity contribution is -0.121. The fourth-order valence-corrected chi connectivity index (χ4v) is 3.30. The molecule has 1 amide bonds. The Labute approximate surface area is 153 Å². The minimum Gasteiger partial charge on any atom is -0.379 e. The molecule has 2 saturated heterocycles. The first-order valence-electron chi connectivity index (χ1n) is 8.46. The smallest absolute Gasteiger partial charge is 0.220 e. The lowest BCUT2D eigenvalue weighted by Crippen LogP contribution is -2.51. The van der Waals surface area contributed by atoms with Gasteiger partial charge in [-0.15, -0.1) is 24.8 Å². The number of rotatable bonds is 7.